The molecule has 1 amide bonds. The quantitative estimate of drug-likeness (QED) is 0.615. The van der Waals surface area contributed by atoms with Crippen molar-refractivity contribution in [2.24, 2.45) is 5.92 Å². The Labute approximate surface area is 184 Å². The van der Waals surface area contributed by atoms with Gasteiger partial charge in [0.05, 0.1) is 6.04 Å². The van der Waals surface area contributed by atoms with E-state index in [1.807, 2.05) is 0 Å². The molecule has 8 heteroatoms. The number of fused-ring (bicyclic) bond motifs is 1. The van der Waals surface area contributed by atoms with Crippen molar-refractivity contribution in [1.29, 1.82) is 0 Å². The van der Waals surface area contributed by atoms with Gasteiger partial charge in [0.15, 0.2) is 11.6 Å². The zero-order valence-corrected chi connectivity index (χ0v) is 19.4. The van der Waals surface area contributed by atoms with Gasteiger partial charge in [-0.05, 0) is 38.3 Å². The van der Waals surface area contributed by atoms with E-state index in [1.54, 1.807) is 19.2 Å². The lowest BCUT2D eigenvalue weighted by atomic mass is 10.0. The zero-order chi connectivity index (χ0) is 22.4. The fraction of sp³-hybridized carbons (Fsp3) is 0.609. The number of aromatic nitrogens is 3. The van der Waals surface area contributed by atoms with E-state index in [2.05, 4.69) is 58.8 Å². The van der Waals surface area contributed by atoms with E-state index in [-0.39, 0.29) is 17.7 Å². The first-order chi connectivity index (χ1) is 14.9. The second kappa shape index (κ2) is 10.7. The van der Waals surface area contributed by atoms with Crippen LogP contribution in [0.2, 0.25) is 0 Å². The number of carbonyl (C=O) groups is 1. The van der Waals surface area contributed by atoms with Crippen LogP contribution in [0.15, 0.2) is 28.2 Å². The molecule has 3 heterocycles. The maximum atomic E-state index is 12.9. The van der Waals surface area contributed by atoms with Crippen LogP contribution in [0, 0.1) is 5.92 Å². The third kappa shape index (κ3) is 6.04. The Morgan fingerprint density at radius 2 is 2.10 bits per heavy atom. The number of methoxy groups -OCH3 is 1. The topological polar surface area (TPSA) is 85.4 Å². The fourth-order valence-corrected chi connectivity index (χ4v) is 3.90. The van der Waals surface area contributed by atoms with Gasteiger partial charge in [-0.25, -0.2) is 0 Å². The number of amides is 1. The van der Waals surface area contributed by atoms with E-state index in [0.29, 0.717) is 18.3 Å². The summed E-state index contributed by atoms with van der Waals surface area (Å²) in [6.07, 6.45) is 3.79. The molecule has 1 unspecified atom stereocenters. The van der Waals surface area contributed by atoms with Crippen molar-refractivity contribution in [1.82, 2.24) is 25.0 Å². The van der Waals surface area contributed by atoms with Gasteiger partial charge < -0.3 is 19.0 Å². The number of nitrogens with zero attached hydrogens (tertiary/aromatic N) is 4. The molecule has 0 saturated heterocycles. The van der Waals surface area contributed by atoms with Crippen molar-refractivity contribution in [3.05, 3.63) is 47.0 Å². The number of nitrogens with one attached hydrogen (secondary N) is 1. The van der Waals surface area contributed by atoms with Gasteiger partial charge in [0.2, 0.25) is 0 Å². The lowest BCUT2D eigenvalue weighted by molar-refractivity contribution is 0.0892. The molecule has 0 aliphatic carbocycles. The fourth-order valence-electron chi connectivity index (χ4n) is 3.90. The van der Waals surface area contributed by atoms with Crippen LogP contribution >= 0.6 is 0 Å². The summed E-state index contributed by atoms with van der Waals surface area (Å²) in [5.74, 6) is 2.86. The zero-order valence-electron chi connectivity index (χ0n) is 19.4. The van der Waals surface area contributed by atoms with E-state index in [9.17, 15) is 4.79 Å². The normalized spacial score (nSPS) is 16.3. The standard InChI is InChI=1S/C23H35N5O3/c1-6-17(4)14-27-10-9-21-25-26-22(28(21)12-11-27)19(13-16(2)3)24-23(29)20-8-7-18(31-20)15-30-5/h6-8,16,19H,9-15H2,1-5H3,(H,24,29)/b17-6+. The first-order valence-electron chi connectivity index (χ1n) is 11.1. The van der Waals surface area contributed by atoms with Crippen LogP contribution < -0.4 is 5.32 Å². The summed E-state index contributed by atoms with van der Waals surface area (Å²) < 4.78 is 12.9. The molecular weight excluding hydrogens is 394 g/mol. The van der Waals surface area contributed by atoms with E-state index in [4.69, 9.17) is 9.15 Å². The van der Waals surface area contributed by atoms with Crippen LogP contribution in [-0.4, -0.2) is 52.3 Å². The SMILES string of the molecule is C/C=C(\C)CN1CCc2nnc(C(CC(C)C)NC(=O)c3ccc(COC)o3)n2CC1. The van der Waals surface area contributed by atoms with Crippen LogP contribution in [0.4, 0.5) is 0 Å². The predicted molar refractivity (Wildman–Crippen MR) is 119 cm³/mol. The lowest BCUT2D eigenvalue weighted by Gasteiger charge is -2.22. The summed E-state index contributed by atoms with van der Waals surface area (Å²) in [5.41, 5.74) is 1.37. The summed E-state index contributed by atoms with van der Waals surface area (Å²) in [6, 6.07) is 3.22. The lowest BCUT2D eigenvalue weighted by Crippen LogP contribution is -2.32. The third-order valence-corrected chi connectivity index (χ3v) is 5.61. The smallest absolute Gasteiger partial charge is 0.287 e. The molecule has 8 nitrogen and oxygen atoms in total. The number of rotatable bonds is 9. The summed E-state index contributed by atoms with van der Waals surface area (Å²) in [4.78, 5) is 15.3. The molecule has 2 aromatic heterocycles. The molecule has 170 valence electrons. The number of ether oxygens (including phenoxy) is 1. The molecule has 1 aliphatic rings. The molecule has 1 N–H and O–H groups in total. The minimum Gasteiger partial charge on any atom is -0.453 e. The van der Waals surface area contributed by atoms with Gasteiger partial charge in [0.1, 0.15) is 18.2 Å². The monoisotopic (exact) mass is 429 g/mol. The highest BCUT2D eigenvalue weighted by Gasteiger charge is 2.27. The van der Waals surface area contributed by atoms with Crippen LogP contribution in [0.1, 0.15) is 68.1 Å². The second-order valence-electron chi connectivity index (χ2n) is 8.64. The Morgan fingerprint density at radius 3 is 2.81 bits per heavy atom. The number of carbonyl (C=O) groups excluding carboxylic acids is 1. The first-order valence-corrected chi connectivity index (χ1v) is 11.1. The van der Waals surface area contributed by atoms with E-state index >= 15 is 0 Å². The molecule has 0 aromatic carbocycles. The maximum absolute atomic E-state index is 12.9. The Morgan fingerprint density at radius 1 is 1.29 bits per heavy atom. The molecule has 1 aliphatic heterocycles. The Bertz CT molecular complexity index is 899. The van der Waals surface area contributed by atoms with Crippen molar-refractivity contribution in [3.8, 4) is 0 Å². The Hall–Kier alpha value is -2.45. The van der Waals surface area contributed by atoms with Gasteiger partial charge in [-0.3, -0.25) is 9.69 Å². The van der Waals surface area contributed by atoms with Gasteiger partial charge in [0, 0.05) is 39.7 Å². The molecule has 0 fully saturated rings. The van der Waals surface area contributed by atoms with Crippen LogP contribution in [0.25, 0.3) is 0 Å². The number of hydrogen-bond acceptors (Lipinski definition) is 6. The molecule has 3 rings (SSSR count). The average molecular weight is 430 g/mol. The number of furan rings is 1. The van der Waals surface area contributed by atoms with Crippen LogP contribution in [0.3, 0.4) is 0 Å². The first kappa shape index (κ1) is 23.2. The minimum absolute atomic E-state index is 0.228. The summed E-state index contributed by atoms with van der Waals surface area (Å²) in [5, 5.41) is 12.1. The molecular formula is C23H35N5O3. The molecule has 2 aromatic rings. The van der Waals surface area contributed by atoms with Crippen LogP contribution in [0.5, 0.6) is 0 Å². The van der Waals surface area contributed by atoms with E-state index in [1.165, 1.54) is 5.57 Å². The Balaban J connectivity index is 1.76. The summed E-state index contributed by atoms with van der Waals surface area (Å²) in [6.45, 7) is 12.5. The van der Waals surface area contributed by atoms with Crippen molar-refractivity contribution < 1.29 is 13.9 Å². The highest BCUT2D eigenvalue weighted by molar-refractivity contribution is 5.91. The Kier molecular flexibility index (Phi) is 8.03. The van der Waals surface area contributed by atoms with Crippen LogP contribution in [-0.2, 0) is 24.3 Å². The highest BCUT2D eigenvalue weighted by Crippen LogP contribution is 2.23. The number of hydrogen-bond donors (Lipinski definition) is 1. The number of allylic oxidation sites excluding steroid dienone is 1. The van der Waals surface area contributed by atoms with E-state index in [0.717, 1.165) is 50.7 Å². The molecule has 0 bridgehead atoms. The van der Waals surface area contributed by atoms with Gasteiger partial charge in [0.25, 0.3) is 5.91 Å². The summed E-state index contributed by atoms with van der Waals surface area (Å²) in [7, 11) is 1.60. The molecule has 1 atom stereocenters. The van der Waals surface area contributed by atoms with Crippen molar-refractivity contribution >= 4 is 5.91 Å². The highest BCUT2D eigenvalue weighted by atomic mass is 16.5. The van der Waals surface area contributed by atoms with Gasteiger partial charge in [-0.1, -0.05) is 25.5 Å². The maximum Gasteiger partial charge on any atom is 0.287 e. The second-order valence-corrected chi connectivity index (χ2v) is 8.64. The molecule has 0 spiro atoms. The van der Waals surface area contributed by atoms with Gasteiger partial charge in [-0.2, -0.15) is 0 Å². The van der Waals surface area contributed by atoms with Gasteiger partial charge in [-0.15, -0.1) is 10.2 Å². The molecule has 31 heavy (non-hydrogen) atoms. The average Bonchev–Trinajstić information content (AvgIpc) is 3.31. The van der Waals surface area contributed by atoms with E-state index < -0.39 is 0 Å². The summed E-state index contributed by atoms with van der Waals surface area (Å²) >= 11 is 0. The minimum atomic E-state index is -0.246. The molecule has 0 radical (unpaired) electrons. The third-order valence-electron chi connectivity index (χ3n) is 5.61. The molecule has 0 saturated carbocycles. The van der Waals surface area contributed by atoms with Crippen molar-refractivity contribution in [2.45, 2.75) is 59.7 Å². The largest absolute Gasteiger partial charge is 0.453 e. The van der Waals surface area contributed by atoms with Crippen molar-refractivity contribution in [2.75, 3.05) is 26.7 Å². The predicted octanol–water partition coefficient (Wildman–Crippen LogP) is 3.36. The van der Waals surface area contributed by atoms with Crippen molar-refractivity contribution in [3.63, 3.8) is 0 Å². The van der Waals surface area contributed by atoms with Gasteiger partial charge >= 0.3 is 0 Å².